The number of carbonyl (C=O) groups excluding carboxylic acids is 3. The molecule has 4 aromatic rings. The Morgan fingerprint density at radius 3 is 1.67 bits per heavy atom. The van der Waals surface area contributed by atoms with Crippen molar-refractivity contribution in [2.45, 2.75) is 46.8 Å². The van der Waals surface area contributed by atoms with Crippen LogP contribution < -0.4 is 16.4 Å². The average molecular weight is 705 g/mol. The summed E-state index contributed by atoms with van der Waals surface area (Å²) in [5.41, 5.74) is 10.1. The topological polar surface area (TPSA) is 214 Å². The summed E-state index contributed by atoms with van der Waals surface area (Å²) in [5, 5.41) is 33.9. The SMILES string of the molecule is CCN(CC)CC(O)CNC(=O)c1c(C)[nH]c(C=O)c1-c1ccccc1.CCNCC(O)CN.Cc1[nH]c(C=O)c(-c2ccccc2)c1C(=O)O. The largest absolute Gasteiger partial charge is 0.478 e. The van der Waals surface area contributed by atoms with Crippen molar-refractivity contribution in [2.75, 3.05) is 45.8 Å². The van der Waals surface area contributed by atoms with Crippen molar-refractivity contribution in [1.29, 1.82) is 0 Å². The molecule has 0 radical (unpaired) electrons. The van der Waals surface area contributed by atoms with E-state index in [-0.39, 0.29) is 24.1 Å². The fourth-order valence-corrected chi connectivity index (χ4v) is 5.37. The monoisotopic (exact) mass is 704 g/mol. The van der Waals surface area contributed by atoms with Crippen LogP contribution >= 0.6 is 0 Å². The van der Waals surface area contributed by atoms with Crippen molar-refractivity contribution in [3.63, 3.8) is 0 Å². The van der Waals surface area contributed by atoms with Gasteiger partial charge >= 0.3 is 5.97 Å². The molecule has 0 spiro atoms. The number of aromatic nitrogens is 2. The van der Waals surface area contributed by atoms with Crippen LogP contribution in [0.1, 0.15) is 73.9 Å². The Hall–Kier alpha value is -4.92. The molecule has 2 aromatic carbocycles. The van der Waals surface area contributed by atoms with Gasteiger partial charge in [-0.2, -0.15) is 0 Å². The Bertz CT molecular complexity index is 1670. The van der Waals surface area contributed by atoms with Crippen molar-refractivity contribution in [2.24, 2.45) is 5.73 Å². The number of amides is 1. The van der Waals surface area contributed by atoms with E-state index in [1.165, 1.54) is 0 Å². The maximum absolute atomic E-state index is 12.7. The molecule has 13 heteroatoms. The number of H-pyrrole nitrogens is 2. The summed E-state index contributed by atoms with van der Waals surface area (Å²) < 4.78 is 0. The summed E-state index contributed by atoms with van der Waals surface area (Å²) in [6, 6.07) is 18.3. The summed E-state index contributed by atoms with van der Waals surface area (Å²) in [6.45, 7) is 13.6. The van der Waals surface area contributed by atoms with Gasteiger partial charge in [0.05, 0.1) is 34.7 Å². The Morgan fingerprint density at radius 2 is 1.25 bits per heavy atom. The number of aliphatic hydroxyl groups excluding tert-OH is 2. The van der Waals surface area contributed by atoms with Crippen LogP contribution in [0.15, 0.2) is 60.7 Å². The number of aliphatic hydroxyl groups is 2. The van der Waals surface area contributed by atoms with Gasteiger partial charge in [0, 0.05) is 48.7 Å². The fraction of sp³-hybridized carbons (Fsp3) is 0.368. The van der Waals surface area contributed by atoms with Crippen molar-refractivity contribution < 1.29 is 34.5 Å². The van der Waals surface area contributed by atoms with Crippen LogP contribution in [0, 0.1) is 13.8 Å². The molecule has 0 saturated heterocycles. The molecular formula is C38H52N6O7. The third-order valence-corrected chi connectivity index (χ3v) is 8.00. The lowest BCUT2D eigenvalue weighted by molar-refractivity contribution is 0.0696. The van der Waals surface area contributed by atoms with Gasteiger partial charge in [0.15, 0.2) is 12.6 Å². The quantitative estimate of drug-likeness (QED) is 0.0793. The van der Waals surface area contributed by atoms with Crippen molar-refractivity contribution >= 4 is 24.4 Å². The predicted molar refractivity (Wildman–Crippen MR) is 199 cm³/mol. The van der Waals surface area contributed by atoms with Gasteiger partial charge in [0.1, 0.15) is 0 Å². The number of aryl methyl sites for hydroxylation is 2. The first-order chi connectivity index (χ1) is 24.5. The van der Waals surface area contributed by atoms with Gasteiger partial charge in [-0.15, -0.1) is 0 Å². The smallest absolute Gasteiger partial charge is 0.338 e. The van der Waals surface area contributed by atoms with Crippen LogP contribution in [0.3, 0.4) is 0 Å². The van der Waals surface area contributed by atoms with Crippen LogP contribution in [0.25, 0.3) is 22.3 Å². The number of rotatable bonds is 16. The van der Waals surface area contributed by atoms with Gasteiger partial charge in [0.25, 0.3) is 5.91 Å². The highest BCUT2D eigenvalue weighted by atomic mass is 16.4. The molecule has 51 heavy (non-hydrogen) atoms. The van der Waals surface area contributed by atoms with Gasteiger partial charge in [0.2, 0.25) is 0 Å². The molecule has 2 heterocycles. The molecule has 0 fully saturated rings. The molecule has 0 aliphatic carbocycles. The Labute approximate surface area is 299 Å². The molecule has 2 unspecified atom stereocenters. The lowest BCUT2D eigenvalue weighted by Gasteiger charge is -2.22. The maximum Gasteiger partial charge on any atom is 0.338 e. The second kappa shape index (κ2) is 22.0. The summed E-state index contributed by atoms with van der Waals surface area (Å²) in [4.78, 5) is 54.2. The molecular weight excluding hydrogens is 652 g/mol. The van der Waals surface area contributed by atoms with E-state index in [1.807, 2.05) is 57.2 Å². The van der Waals surface area contributed by atoms with E-state index in [1.54, 1.807) is 38.1 Å². The molecule has 13 nitrogen and oxygen atoms in total. The molecule has 1 amide bonds. The molecule has 0 bridgehead atoms. The Balaban J connectivity index is 0.000000307. The minimum atomic E-state index is -1.04. The Morgan fingerprint density at radius 1 is 0.784 bits per heavy atom. The van der Waals surface area contributed by atoms with E-state index in [0.29, 0.717) is 65.4 Å². The summed E-state index contributed by atoms with van der Waals surface area (Å²) in [5.74, 6) is -1.34. The van der Waals surface area contributed by atoms with Crippen LogP contribution in [0.4, 0.5) is 0 Å². The third kappa shape index (κ3) is 12.4. The molecule has 0 aliphatic rings. The zero-order valence-corrected chi connectivity index (χ0v) is 30.0. The van der Waals surface area contributed by atoms with Crippen LogP contribution in [-0.4, -0.2) is 113 Å². The van der Waals surface area contributed by atoms with Gasteiger partial charge in [-0.25, -0.2) is 4.79 Å². The van der Waals surface area contributed by atoms with E-state index in [2.05, 4.69) is 25.5 Å². The van der Waals surface area contributed by atoms with E-state index in [9.17, 15) is 29.4 Å². The second-order valence-electron chi connectivity index (χ2n) is 11.6. The lowest BCUT2D eigenvalue weighted by Crippen LogP contribution is -2.40. The number of aromatic carboxylic acids is 1. The average Bonchev–Trinajstić information content (AvgIpc) is 3.68. The number of hydrogen-bond donors (Lipinski definition) is 8. The highest BCUT2D eigenvalue weighted by Crippen LogP contribution is 2.30. The number of benzene rings is 2. The molecule has 276 valence electrons. The fourth-order valence-electron chi connectivity index (χ4n) is 5.37. The number of carbonyl (C=O) groups is 4. The lowest BCUT2D eigenvalue weighted by atomic mass is 10.00. The van der Waals surface area contributed by atoms with E-state index < -0.39 is 12.1 Å². The number of carboxylic acid groups (broad SMARTS) is 1. The number of nitrogens with two attached hydrogens (primary N) is 1. The van der Waals surface area contributed by atoms with E-state index in [0.717, 1.165) is 37.0 Å². The zero-order valence-electron chi connectivity index (χ0n) is 30.0. The number of nitrogens with one attached hydrogen (secondary N) is 4. The van der Waals surface area contributed by atoms with E-state index >= 15 is 0 Å². The highest BCUT2D eigenvalue weighted by Gasteiger charge is 2.23. The first-order valence-electron chi connectivity index (χ1n) is 16.9. The predicted octanol–water partition coefficient (Wildman–Crippen LogP) is 3.65. The normalized spacial score (nSPS) is 11.8. The summed E-state index contributed by atoms with van der Waals surface area (Å²) in [6.07, 6.45) is 0.335. The minimum absolute atomic E-state index is 0.151. The van der Waals surface area contributed by atoms with Gasteiger partial charge in [-0.1, -0.05) is 81.4 Å². The first kappa shape index (κ1) is 42.2. The zero-order chi connectivity index (χ0) is 37.9. The number of nitrogens with zero attached hydrogens (tertiary/aromatic N) is 1. The van der Waals surface area contributed by atoms with Gasteiger partial charge in [-0.05, 0) is 44.6 Å². The minimum Gasteiger partial charge on any atom is -0.478 e. The molecule has 0 aliphatic heterocycles. The maximum atomic E-state index is 12.7. The molecule has 2 atom stereocenters. The Kier molecular flexibility index (Phi) is 18.2. The second-order valence-corrected chi connectivity index (χ2v) is 11.6. The number of likely N-dealkylation sites (N-methyl/N-ethyl adjacent to an activating group) is 2. The number of carboxylic acids is 1. The summed E-state index contributed by atoms with van der Waals surface area (Å²) in [7, 11) is 0. The summed E-state index contributed by atoms with van der Waals surface area (Å²) >= 11 is 0. The molecule has 2 aromatic heterocycles. The first-order valence-corrected chi connectivity index (χ1v) is 16.9. The number of hydrogen-bond acceptors (Lipinski definition) is 9. The van der Waals surface area contributed by atoms with E-state index in [4.69, 9.17) is 10.8 Å². The molecule has 4 rings (SSSR count). The highest BCUT2D eigenvalue weighted by molar-refractivity contribution is 6.06. The molecule has 9 N–H and O–H groups in total. The van der Waals surface area contributed by atoms with Crippen LogP contribution in [0.5, 0.6) is 0 Å². The third-order valence-electron chi connectivity index (χ3n) is 8.00. The number of aldehydes is 2. The van der Waals surface area contributed by atoms with Crippen molar-refractivity contribution in [3.8, 4) is 22.3 Å². The van der Waals surface area contributed by atoms with Gasteiger partial charge < -0.3 is 46.6 Å². The van der Waals surface area contributed by atoms with Crippen LogP contribution in [0.2, 0.25) is 0 Å². The standard InChI is InChI=1S/C20H27N3O3.C13H11NO3.C5H14N2O/c1-4-23(5-2)12-16(25)11-21-20(26)18-14(3)22-17(13-24)19(18)15-9-7-6-8-10-15;1-8-11(13(16)17)12(10(7-15)14-8)9-5-3-2-4-6-9;1-2-7-4-5(8)3-6/h6-10,13,16,22,25H,4-5,11-12H2,1-3H3,(H,21,26);2-7,14H,1H3,(H,16,17);5,7-8H,2-4,6H2,1H3. The number of aromatic amines is 2. The van der Waals surface area contributed by atoms with Crippen molar-refractivity contribution in [3.05, 3.63) is 94.6 Å². The van der Waals surface area contributed by atoms with Crippen molar-refractivity contribution in [1.82, 2.24) is 25.5 Å². The molecule has 0 saturated carbocycles. The van der Waals surface area contributed by atoms with Crippen LogP contribution in [-0.2, 0) is 0 Å². The van der Waals surface area contributed by atoms with Gasteiger partial charge in [-0.3, -0.25) is 14.4 Å².